The monoisotopic (exact) mass is 342 g/mol. The van der Waals surface area contributed by atoms with E-state index in [0.29, 0.717) is 0 Å². The van der Waals surface area contributed by atoms with Crippen LogP contribution in [0.25, 0.3) is 0 Å². The summed E-state index contributed by atoms with van der Waals surface area (Å²) in [5.41, 5.74) is -3.45. The Morgan fingerprint density at radius 3 is 1.70 bits per heavy atom. The number of ketones is 1. The molecule has 0 saturated heterocycles. The zero-order valence-electron chi connectivity index (χ0n) is 13.5. The molecule has 0 aromatic rings. The fraction of sp³-hybridized carbons (Fsp3) is 0.643. The predicted molar refractivity (Wildman–Crippen MR) is 74.4 cm³/mol. The number of esters is 2. The standard InChI is InChI=1S/C9H13F3O3.C5H8O3/c1-4-15-7(13)8(14,5-6(2)3)9(10,11)12;1-3-8-5(7)4(2)6/h14H,2,4-5H2,1,3H3;3H2,1-2H3. The summed E-state index contributed by atoms with van der Waals surface area (Å²) < 4.78 is 45.8. The van der Waals surface area contributed by atoms with Crippen molar-refractivity contribution in [1.82, 2.24) is 0 Å². The van der Waals surface area contributed by atoms with Crippen LogP contribution in [0.15, 0.2) is 12.2 Å². The molecule has 0 saturated carbocycles. The summed E-state index contributed by atoms with van der Waals surface area (Å²) in [6, 6.07) is 0. The number of halogens is 3. The molecule has 0 radical (unpaired) electrons. The Morgan fingerprint density at radius 1 is 1.04 bits per heavy atom. The van der Waals surface area contributed by atoms with Crippen molar-refractivity contribution in [3.63, 3.8) is 0 Å². The second-order valence-corrected chi connectivity index (χ2v) is 4.49. The Hall–Kier alpha value is -1.90. The van der Waals surface area contributed by atoms with Crippen molar-refractivity contribution in [2.24, 2.45) is 0 Å². The zero-order valence-corrected chi connectivity index (χ0v) is 13.5. The molecule has 0 fully saturated rings. The highest BCUT2D eigenvalue weighted by atomic mass is 19.4. The van der Waals surface area contributed by atoms with Crippen molar-refractivity contribution in [2.75, 3.05) is 13.2 Å². The average Bonchev–Trinajstić information content (AvgIpc) is 2.37. The summed E-state index contributed by atoms with van der Waals surface area (Å²) in [4.78, 5) is 31.2. The maximum atomic E-state index is 12.4. The Labute approximate surface area is 132 Å². The van der Waals surface area contributed by atoms with Gasteiger partial charge in [0.2, 0.25) is 5.78 Å². The van der Waals surface area contributed by atoms with E-state index in [1.165, 1.54) is 20.8 Å². The van der Waals surface area contributed by atoms with Crippen molar-refractivity contribution >= 4 is 17.7 Å². The highest BCUT2D eigenvalue weighted by Gasteiger charge is 2.60. The number of Topliss-reactive ketones (excluding diaryl/α,β-unsaturated/α-hetero) is 1. The zero-order chi connectivity index (χ0) is 18.8. The Morgan fingerprint density at radius 2 is 1.48 bits per heavy atom. The minimum absolute atomic E-state index is 0.0443. The van der Waals surface area contributed by atoms with Gasteiger partial charge in [0, 0.05) is 13.3 Å². The molecule has 0 amide bonds. The number of ether oxygens (including phenoxy) is 2. The smallest absolute Gasteiger partial charge is 0.428 e. The van der Waals surface area contributed by atoms with E-state index in [1.54, 1.807) is 6.92 Å². The first-order valence-corrected chi connectivity index (χ1v) is 6.61. The molecule has 1 unspecified atom stereocenters. The van der Waals surface area contributed by atoms with E-state index in [2.05, 4.69) is 16.1 Å². The topological polar surface area (TPSA) is 89.9 Å². The molecule has 0 rings (SSSR count). The summed E-state index contributed by atoms with van der Waals surface area (Å²) >= 11 is 0. The number of carbonyl (C=O) groups is 3. The summed E-state index contributed by atoms with van der Waals surface area (Å²) in [6.45, 7) is 8.74. The summed E-state index contributed by atoms with van der Waals surface area (Å²) in [5, 5.41) is 9.26. The Balaban J connectivity index is 0. The van der Waals surface area contributed by atoms with E-state index in [0.717, 1.165) is 0 Å². The van der Waals surface area contributed by atoms with Gasteiger partial charge < -0.3 is 14.6 Å². The van der Waals surface area contributed by atoms with E-state index in [4.69, 9.17) is 0 Å². The minimum atomic E-state index is -5.07. The van der Waals surface area contributed by atoms with Crippen molar-refractivity contribution in [3.8, 4) is 0 Å². The van der Waals surface area contributed by atoms with Gasteiger partial charge in [0.15, 0.2) is 0 Å². The molecule has 23 heavy (non-hydrogen) atoms. The lowest BCUT2D eigenvalue weighted by atomic mass is 9.95. The van der Waals surface area contributed by atoms with Crippen LogP contribution in [0.1, 0.15) is 34.1 Å². The van der Waals surface area contributed by atoms with Crippen LogP contribution in [0, 0.1) is 0 Å². The SMILES string of the molecule is C=C(C)CC(O)(C(=O)OCC)C(F)(F)F.CCOC(=O)C(C)=O. The van der Waals surface area contributed by atoms with E-state index in [1.807, 2.05) is 0 Å². The maximum absolute atomic E-state index is 12.4. The number of hydrogen-bond donors (Lipinski definition) is 1. The third-order valence-corrected chi connectivity index (χ3v) is 2.20. The molecule has 0 aromatic heterocycles. The van der Waals surface area contributed by atoms with Crippen LogP contribution >= 0.6 is 0 Å². The summed E-state index contributed by atoms with van der Waals surface area (Å²) in [6.07, 6.45) is -5.96. The first-order valence-electron chi connectivity index (χ1n) is 6.61. The lowest BCUT2D eigenvalue weighted by Gasteiger charge is -2.28. The van der Waals surface area contributed by atoms with Gasteiger partial charge in [-0.15, -0.1) is 6.58 Å². The quantitative estimate of drug-likeness (QED) is 0.451. The molecule has 134 valence electrons. The van der Waals surface area contributed by atoms with Crippen LogP contribution in [0.3, 0.4) is 0 Å². The van der Waals surface area contributed by atoms with Crippen LogP contribution < -0.4 is 0 Å². The minimum Gasteiger partial charge on any atom is -0.464 e. The molecule has 6 nitrogen and oxygen atoms in total. The lowest BCUT2D eigenvalue weighted by molar-refractivity contribution is -0.262. The first-order chi connectivity index (χ1) is 10.3. The number of aliphatic hydroxyl groups is 1. The fourth-order valence-corrected chi connectivity index (χ4v) is 1.21. The van der Waals surface area contributed by atoms with Crippen LogP contribution in [0.4, 0.5) is 13.2 Å². The van der Waals surface area contributed by atoms with Gasteiger partial charge in [0.25, 0.3) is 5.60 Å². The molecule has 0 aliphatic rings. The van der Waals surface area contributed by atoms with Crippen LogP contribution in [-0.4, -0.2) is 47.8 Å². The van der Waals surface area contributed by atoms with E-state index < -0.39 is 35.9 Å². The molecule has 0 heterocycles. The average molecular weight is 342 g/mol. The molecule has 1 atom stereocenters. The predicted octanol–water partition coefficient (Wildman–Crippen LogP) is 1.95. The van der Waals surface area contributed by atoms with Crippen LogP contribution in [0.2, 0.25) is 0 Å². The molecule has 0 bridgehead atoms. The van der Waals surface area contributed by atoms with Gasteiger partial charge >= 0.3 is 18.1 Å². The van der Waals surface area contributed by atoms with E-state index >= 15 is 0 Å². The first kappa shape index (κ1) is 23.4. The third kappa shape index (κ3) is 8.34. The number of carbonyl (C=O) groups excluding carboxylic acids is 3. The number of alkyl halides is 3. The molecule has 0 spiro atoms. The molecule has 0 aromatic carbocycles. The molecule has 0 aliphatic heterocycles. The van der Waals surface area contributed by atoms with Gasteiger partial charge in [-0.2, -0.15) is 13.2 Å². The molecule has 1 N–H and O–H groups in total. The van der Waals surface area contributed by atoms with E-state index in [9.17, 15) is 32.7 Å². The second-order valence-electron chi connectivity index (χ2n) is 4.49. The normalized spacial score (nSPS) is 13.0. The Kier molecular flexibility index (Phi) is 10.1. The number of hydrogen-bond acceptors (Lipinski definition) is 6. The van der Waals surface area contributed by atoms with Gasteiger partial charge in [0.05, 0.1) is 13.2 Å². The highest BCUT2D eigenvalue weighted by Crippen LogP contribution is 2.36. The lowest BCUT2D eigenvalue weighted by Crippen LogP contribution is -2.53. The van der Waals surface area contributed by atoms with Crippen LogP contribution in [-0.2, 0) is 23.9 Å². The molecular formula is C14H21F3O6. The van der Waals surface area contributed by atoms with Crippen molar-refractivity contribution in [2.45, 2.75) is 45.9 Å². The van der Waals surface area contributed by atoms with E-state index in [-0.39, 0.29) is 18.8 Å². The highest BCUT2D eigenvalue weighted by molar-refractivity contribution is 6.32. The largest absolute Gasteiger partial charge is 0.464 e. The molecule has 0 aliphatic carbocycles. The van der Waals surface area contributed by atoms with Gasteiger partial charge in [-0.3, -0.25) is 4.79 Å². The third-order valence-electron chi connectivity index (χ3n) is 2.20. The second kappa shape index (κ2) is 9.98. The van der Waals surface area contributed by atoms with Gasteiger partial charge in [0.1, 0.15) is 0 Å². The van der Waals surface area contributed by atoms with Gasteiger partial charge in [-0.05, 0) is 20.8 Å². The maximum Gasteiger partial charge on any atom is 0.428 e. The molecular weight excluding hydrogens is 321 g/mol. The van der Waals surface area contributed by atoms with Gasteiger partial charge in [-0.25, -0.2) is 9.59 Å². The molecule has 9 heteroatoms. The van der Waals surface area contributed by atoms with Crippen molar-refractivity contribution in [1.29, 1.82) is 0 Å². The summed E-state index contributed by atoms with van der Waals surface area (Å²) in [7, 11) is 0. The van der Waals surface area contributed by atoms with Crippen LogP contribution in [0.5, 0.6) is 0 Å². The Bertz CT molecular complexity index is 444. The van der Waals surface area contributed by atoms with Gasteiger partial charge in [-0.1, -0.05) is 5.57 Å². The fourth-order valence-electron chi connectivity index (χ4n) is 1.21. The van der Waals surface area contributed by atoms with Crippen molar-refractivity contribution < 1.29 is 42.1 Å². The number of rotatable bonds is 6. The summed E-state index contributed by atoms with van der Waals surface area (Å²) in [5.74, 6) is -3.00. The van der Waals surface area contributed by atoms with Crippen molar-refractivity contribution in [3.05, 3.63) is 12.2 Å².